The van der Waals surface area contributed by atoms with E-state index < -0.39 is 0 Å². The van der Waals surface area contributed by atoms with Gasteiger partial charge < -0.3 is 10.1 Å². The Bertz CT molecular complexity index is 428. The molecule has 1 aromatic carbocycles. The summed E-state index contributed by atoms with van der Waals surface area (Å²) in [7, 11) is 1.66. The highest BCUT2D eigenvalue weighted by atomic mass is 16.5. The van der Waals surface area contributed by atoms with Crippen molar-refractivity contribution in [3.8, 4) is 0 Å². The number of hydrogen-bond donors (Lipinski definition) is 1. The summed E-state index contributed by atoms with van der Waals surface area (Å²) in [6, 6.07) is 10.6. The molecule has 1 N–H and O–H groups in total. The van der Waals surface area contributed by atoms with Crippen molar-refractivity contribution in [2.45, 2.75) is 32.4 Å². The fourth-order valence-electron chi connectivity index (χ4n) is 2.85. The van der Waals surface area contributed by atoms with E-state index in [9.17, 15) is 4.79 Å². The minimum absolute atomic E-state index is 0.0878. The molecule has 0 saturated carbocycles. The third-order valence-electron chi connectivity index (χ3n) is 4.01. The summed E-state index contributed by atoms with van der Waals surface area (Å²) in [5, 5.41) is 3.03. The van der Waals surface area contributed by atoms with Crippen molar-refractivity contribution in [1.29, 1.82) is 0 Å². The highest BCUT2D eigenvalue weighted by Crippen LogP contribution is 2.19. The predicted molar refractivity (Wildman–Crippen MR) is 83.9 cm³/mol. The van der Waals surface area contributed by atoms with Gasteiger partial charge in [-0.25, -0.2) is 0 Å². The van der Waals surface area contributed by atoms with Crippen LogP contribution in [0.25, 0.3) is 0 Å². The second-order valence-electron chi connectivity index (χ2n) is 5.90. The van der Waals surface area contributed by atoms with Crippen LogP contribution in [0.4, 0.5) is 0 Å². The Balaban J connectivity index is 1.74. The second kappa shape index (κ2) is 8.15. The molecule has 0 aromatic heterocycles. The molecule has 0 bridgehead atoms. The highest BCUT2D eigenvalue weighted by molar-refractivity contribution is 5.79. The van der Waals surface area contributed by atoms with E-state index >= 15 is 0 Å². The SMILES string of the molecule is COC[C@H](C)NC(=O)C1CCN(Cc2ccccc2)CC1. The largest absolute Gasteiger partial charge is 0.383 e. The van der Waals surface area contributed by atoms with E-state index in [-0.39, 0.29) is 17.9 Å². The third kappa shape index (κ3) is 5.14. The Labute approximate surface area is 127 Å². The summed E-state index contributed by atoms with van der Waals surface area (Å²) in [6.45, 7) is 5.51. The van der Waals surface area contributed by atoms with Crippen molar-refractivity contribution >= 4 is 5.91 Å². The molecule has 1 saturated heterocycles. The van der Waals surface area contributed by atoms with Gasteiger partial charge in [0, 0.05) is 25.6 Å². The highest BCUT2D eigenvalue weighted by Gasteiger charge is 2.25. The standard InChI is InChI=1S/C17H26N2O2/c1-14(13-21-2)18-17(20)16-8-10-19(11-9-16)12-15-6-4-3-5-7-15/h3-7,14,16H,8-13H2,1-2H3,(H,18,20)/t14-/m0/s1. The molecular weight excluding hydrogens is 264 g/mol. The molecule has 0 spiro atoms. The van der Waals surface area contributed by atoms with Gasteiger partial charge in [0.05, 0.1) is 6.61 Å². The maximum absolute atomic E-state index is 12.2. The van der Waals surface area contributed by atoms with Crippen LogP contribution >= 0.6 is 0 Å². The summed E-state index contributed by atoms with van der Waals surface area (Å²) in [6.07, 6.45) is 1.89. The van der Waals surface area contributed by atoms with Crippen LogP contribution in [0.2, 0.25) is 0 Å². The number of carbonyl (C=O) groups excluding carboxylic acids is 1. The van der Waals surface area contributed by atoms with Crippen molar-refractivity contribution in [3.05, 3.63) is 35.9 Å². The molecule has 1 fully saturated rings. The number of benzene rings is 1. The maximum Gasteiger partial charge on any atom is 0.223 e. The number of piperidine rings is 1. The second-order valence-corrected chi connectivity index (χ2v) is 5.90. The first-order valence-electron chi connectivity index (χ1n) is 7.74. The van der Waals surface area contributed by atoms with E-state index in [1.165, 1.54) is 5.56 Å². The number of amides is 1. The molecule has 4 heteroatoms. The molecular formula is C17H26N2O2. The number of carbonyl (C=O) groups is 1. The molecule has 0 radical (unpaired) electrons. The fraction of sp³-hybridized carbons (Fsp3) is 0.588. The lowest BCUT2D eigenvalue weighted by molar-refractivity contribution is -0.127. The van der Waals surface area contributed by atoms with Crippen LogP contribution in [0.15, 0.2) is 30.3 Å². The van der Waals surface area contributed by atoms with Crippen molar-refractivity contribution in [2.75, 3.05) is 26.8 Å². The topological polar surface area (TPSA) is 41.6 Å². The molecule has 0 aliphatic carbocycles. The molecule has 2 rings (SSSR count). The van der Waals surface area contributed by atoms with Gasteiger partial charge in [0.1, 0.15) is 0 Å². The zero-order valence-electron chi connectivity index (χ0n) is 13.0. The lowest BCUT2D eigenvalue weighted by Crippen LogP contribution is -2.44. The van der Waals surface area contributed by atoms with Gasteiger partial charge in [0.2, 0.25) is 5.91 Å². The number of nitrogens with one attached hydrogen (secondary N) is 1. The molecule has 21 heavy (non-hydrogen) atoms. The smallest absolute Gasteiger partial charge is 0.223 e. The van der Waals surface area contributed by atoms with Gasteiger partial charge in [-0.05, 0) is 38.4 Å². The van der Waals surface area contributed by atoms with E-state index in [2.05, 4.69) is 34.5 Å². The average molecular weight is 290 g/mol. The lowest BCUT2D eigenvalue weighted by Gasteiger charge is -2.31. The number of rotatable bonds is 6. The minimum Gasteiger partial charge on any atom is -0.383 e. The van der Waals surface area contributed by atoms with Crippen LogP contribution < -0.4 is 5.32 Å². The van der Waals surface area contributed by atoms with Crippen LogP contribution in [0.3, 0.4) is 0 Å². The molecule has 1 amide bonds. The molecule has 4 nitrogen and oxygen atoms in total. The van der Waals surface area contributed by atoms with E-state index in [1.54, 1.807) is 7.11 Å². The number of hydrogen-bond acceptors (Lipinski definition) is 3. The summed E-state index contributed by atoms with van der Waals surface area (Å²) >= 11 is 0. The normalized spacial score (nSPS) is 18.4. The van der Waals surface area contributed by atoms with E-state index in [1.807, 2.05) is 13.0 Å². The first-order chi connectivity index (χ1) is 10.2. The third-order valence-corrected chi connectivity index (χ3v) is 4.01. The summed E-state index contributed by atoms with van der Waals surface area (Å²) in [4.78, 5) is 14.6. The van der Waals surface area contributed by atoms with Crippen LogP contribution in [0.1, 0.15) is 25.3 Å². The first-order valence-corrected chi connectivity index (χ1v) is 7.74. The molecule has 1 atom stereocenters. The first kappa shape index (κ1) is 16.0. The summed E-state index contributed by atoms with van der Waals surface area (Å²) in [5.74, 6) is 0.329. The average Bonchev–Trinajstić information content (AvgIpc) is 2.49. The van der Waals surface area contributed by atoms with Gasteiger partial charge in [-0.2, -0.15) is 0 Å². The van der Waals surface area contributed by atoms with Crippen LogP contribution in [-0.2, 0) is 16.1 Å². The minimum atomic E-state index is 0.0878. The van der Waals surface area contributed by atoms with Gasteiger partial charge >= 0.3 is 0 Å². The number of ether oxygens (including phenoxy) is 1. The van der Waals surface area contributed by atoms with Gasteiger partial charge in [0.15, 0.2) is 0 Å². The molecule has 116 valence electrons. The molecule has 1 aliphatic rings. The Morgan fingerprint density at radius 2 is 2.00 bits per heavy atom. The van der Waals surface area contributed by atoms with E-state index in [4.69, 9.17) is 4.74 Å². The van der Waals surface area contributed by atoms with E-state index in [0.717, 1.165) is 32.5 Å². The van der Waals surface area contributed by atoms with Crippen LogP contribution in [0.5, 0.6) is 0 Å². The lowest BCUT2D eigenvalue weighted by atomic mass is 9.95. The predicted octanol–water partition coefficient (Wildman–Crippen LogP) is 2.05. The quantitative estimate of drug-likeness (QED) is 0.872. The maximum atomic E-state index is 12.2. The van der Waals surface area contributed by atoms with Gasteiger partial charge in [0.25, 0.3) is 0 Å². The Morgan fingerprint density at radius 1 is 1.33 bits per heavy atom. The molecule has 1 heterocycles. The fourth-order valence-corrected chi connectivity index (χ4v) is 2.85. The Kier molecular flexibility index (Phi) is 6.21. The van der Waals surface area contributed by atoms with Gasteiger partial charge in [-0.3, -0.25) is 9.69 Å². The van der Waals surface area contributed by atoms with Crippen molar-refractivity contribution in [3.63, 3.8) is 0 Å². The van der Waals surface area contributed by atoms with Crippen molar-refractivity contribution in [1.82, 2.24) is 10.2 Å². The van der Waals surface area contributed by atoms with Crippen molar-refractivity contribution < 1.29 is 9.53 Å². The number of likely N-dealkylation sites (tertiary alicyclic amines) is 1. The Hall–Kier alpha value is -1.39. The molecule has 1 aromatic rings. The van der Waals surface area contributed by atoms with E-state index in [0.29, 0.717) is 6.61 Å². The van der Waals surface area contributed by atoms with Gasteiger partial charge in [-0.15, -0.1) is 0 Å². The zero-order chi connectivity index (χ0) is 15.1. The van der Waals surface area contributed by atoms with Crippen molar-refractivity contribution in [2.24, 2.45) is 5.92 Å². The number of nitrogens with zero attached hydrogens (tertiary/aromatic N) is 1. The Morgan fingerprint density at radius 3 is 2.62 bits per heavy atom. The van der Waals surface area contributed by atoms with Crippen LogP contribution in [0, 0.1) is 5.92 Å². The summed E-state index contributed by atoms with van der Waals surface area (Å²) in [5.41, 5.74) is 1.34. The van der Waals surface area contributed by atoms with Gasteiger partial charge in [-0.1, -0.05) is 30.3 Å². The molecule has 0 unspecified atom stereocenters. The molecule has 1 aliphatic heterocycles. The summed E-state index contributed by atoms with van der Waals surface area (Å²) < 4.78 is 5.05. The zero-order valence-corrected chi connectivity index (χ0v) is 13.0. The monoisotopic (exact) mass is 290 g/mol. The number of methoxy groups -OCH3 is 1. The van der Waals surface area contributed by atoms with Crippen LogP contribution in [-0.4, -0.2) is 43.7 Å².